The molecule has 0 aliphatic rings. The van der Waals surface area contributed by atoms with E-state index >= 15 is 0 Å². The van der Waals surface area contributed by atoms with Gasteiger partial charge in [0.25, 0.3) is 0 Å². The van der Waals surface area contributed by atoms with Crippen molar-refractivity contribution in [2.75, 3.05) is 13.2 Å². The van der Waals surface area contributed by atoms with Crippen LogP contribution in [0.1, 0.15) is 44.4 Å². The van der Waals surface area contributed by atoms with E-state index in [1.165, 1.54) is 6.07 Å². The van der Waals surface area contributed by atoms with Gasteiger partial charge in [-0.1, -0.05) is 31.5 Å². The zero-order valence-corrected chi connectivity index (χ0v) is 11.8. The van der Waals surface area contributed by atoms with Gasteiger partial charge in [0.15, 0.2) is 0 Å². The van der Waals surface area contributed by atoms with E-state index in [1.54, 1.807) is 6.07 Å². The topological polar surface area (TPSA) is 21.3 Å². The lowest BCUT2D eigenvalue weighted by Gasteiger charge is -2.27. The maximum absolute atomic E-state index is 14.0. The summed E-state index contributed by atoms with van der Waals surface area (Å²) in [6, 6.07) is 5.15. The summed E-state index contributed by atoms with van der Waals surface area (Å²) >= 11 is 0. The maximum Gasteiger partial charge on any atom is 0.128 e. The van der Waals surface area contributed by atoms with Gasteiger partial charge < -0.3 is 10.1 Å². The molecule has 0 fully saturated rings. The molecule has 0 aliphatic carbocycles. The standard InChI is InChI=1S/C15H24FNO/c1-5-14(18-7-3)15(17-6-2)12-10-11(4)8-9-13(12)16/h8-10,14-15,17H,5-7H2,1-4H3. The van der Waals surface area contributed by atoms with E-state index in [-0.39, 0.29) is 18.0 Å². The smallest absolute Gasteiger partial charge is 0.128 e. The average Bonchev–Trinajstić information content (AvgIpc) is 2.37. The van der Waals surface area contributed by atoms with Crippen LogP contribution in [0.15, 0.2) is 18.2 Å². The first-order valence-electron chi connectivity index (χ1n) is 6.75. The molecule has 1 rings (SSSR count). The molecule has 2 atom stereocenters. The molecule has 0 bridgehead atoms. The van der Waals surface area contributed by atoms with Crippen LogP contribution in [0.25, 0.3) is 0 Å². The Bertz CT molecular complexity index is 368. The molecule has 2 unspecified atom stereocenters. The summed E-state index contributed by atoms with van der Waals surface area (Å²) in [4.78, 5) is 0. The largest absolute Gasteiger partial charge is 0.377 e. The number of ether oxygens (including phenoxy) is 1. The zero-order valence-electron chi connectivity index (χ0n) is 11.8. The molecule has 0 radical (unpaired) electrons. The quantitative estimate of drug-likeness (QED) is 0.801. The van der Waals surface area contributed by atoms with Crippen molar-refractivity contribution in [2.24, 2.45) is 0 Å². The van der Waals surface area contributed by atoms with E-state index < -0.39 is 0 Å². The van der Waals surface area contributed by atoms with Crippen LogP contribution in [0.3, 0.4) is 0 Å². The van der Waals surface area contributed by atoms with Crippen LogP contribution in [0.2, 0.25) is 0 Å². The molecule has 1 aromatic rings. The van der Waals surface area contributed by atoms with Crippen molar-refractivity contribution in [3.8, 4) is 0 Å². The first kappa shape index (κ1) is 15.1. The molecular weight excluding hydrogens is 229 g/mol. The molecule has 102 valence electrons. The summed E-state index contributed by atoms with van der Waals surface area (Å²) in [5, 5.41) is 3.34. The van der Waals surface area contributed by atoms with Gasteiger partial charge in [-0.05, 0) is 32.9 Å². The first-order valence-corrected chi connectivity index (χ1v) is 6.75. The minimum absolute atomic E-state index is 0.00579. The Morgan fingerprint density at radius 3 is 2.56 bits per heavy atom. The summed E-state index contributed by atoms with van der Waals surface area (Å²) in [5.74, 6) is -0.162. The molecule has 0 aliphatic heterocycles. The van der Waals surface area contributed by atoms with E-state index in [2.05, 4.69) is 12.2 Å². The molecule has 0 saturated carbocycles. The molecule has 0 amide bonds. The van der Waals surface area contributed by atoms with Crippen LogP contribution in [0.4, 0.5) is 4.39 Å². The summed E-state index contributed by atoms with van der Waals surface area (Å²) in [5.41, 5.74) is 1.78. The average molecular weight is 253 g/mol. The number of rotatable bonds is 7. The van der Waals surface area contributed by atoms with Gasteiger partial charge >= 0.3 is 0 Å². The van der Waals surface area contributed by atoms with Crippen LogP contribution < -0.4 is 5.32 Å². The fourth-order valence-electron chi connectivity index (χ4n) is 2.23. The van der Waals surface area contributed by atoms with Crippen LogP contribution in [-0.4, -0.2) is 19.3 Å². The lowest BCUT2D eigenvalue weighted by Crippen LogP contribution is -2.34. The van der Waals surface area contributed by atoms with Gasteiger partial charge in [0.2, 0.25) is 0 Å². The number of hydrogen-bond acceptors (Lipinski definition) is 2. The predicted octanol–water partition coefficient (Wildman–Crippen LogP) is 3.60. The Labute approximate surface area is 110 Å². The van der Waals surface area contributed by atoms with E-state index in [0.717, 1.165) is 18.5 Å². The van der Waals surface area contributed by atoms with Crippen molar-refractivity contribution in [2.45, 2.75) is 46.3 Å². The van der Waals surface area contributed by atoms with Crippen LogP contribution in [0, 0.1) is 12.7 Å². The Balaban J connectivity index is 3.05. The summed E-state index contributed by atoms with van der Waals surface area (Å²) in [7, 11) is 0. The number of hydrogen-bond donors (Lipinski definition) is 1. The Kier molecular flexibility index (Phi) is 6.30. The third kappa shape index (κ3) is 3.79. The maximum atomic E-state index is 14.0. The van der Waals surface area contributed by atoms with E-state index in [4.69, 9.17) is 4.74 Å². The van der Waals surface area contributed by atoms with Crippen molar-refractivity contribution in [3.63, 3.8) is 0 Å². The zero-order chi connectivity index (χ0) is 13.5. The third-order valence-corrected chi connectivity index (χ3v) is 3.07. The second-order valence-electron chi connectivity index (χ2n) is 4.46. The molecule has 0 heterocycles. The first-order chi connectivity index (χ1) is 8.63. The van der Waals surface area contributed by atoms with Gasteiger partial charge in [0.05, 0.1) is 12.1 Å². The van der Waals surface area contributed by atoms with Crippen molar-refractivity contribution in [3.05, 3.63) is 35.1 Å². The Hall–Kier alpha value is -0.930. The Morgan fingerprint density at radius 1 is 1.28 bits per heavy atom. The van der Waals surface area contributed by atoms with E-state index in [9.17, 15) is 4.39 Å². The fraction of sp³-hybridized carbons (Fsp3) is 0.600. The summed E-state index contributed by atoms with van der Waals surface area (Å²) in [6.07, 6.45) is 0.866. The highest BCUT2D eigenvalue weighted by Crippen LogP contribution is 2.25. The molecule has 1 N–H and O–H groups in total. The van der Waals surface area contributed by atoms with E-state index in [0.29, 0.717) is 12.2 Å². The van der Waals surface area contributed by atoms with Crippen molar-refractivity contribution >= 4 is 0 Å². The van der Waals surface area contributed by atoms with Crippen LogP contribution in [0.5, 0.6) is 0 Å². The van der Waals surface area contributed by atoms with E-state index in [1.807, 2.05) is 26.8 Å². The molecule has 0 aromatic heterocycles. The van der Waals surface area contributed by atoms with Gasteiger partial charge in [-0.15, -0.1) is 0 Å². The highest BCUT2D eigenvalue weighted by atomic mass is 19.1. The Morgan fingerprint density at radius 2 is 2.00 bits per heavy atom. The molecular formula is C15H24FNO. The minimum Gasteiger partial charge on any atom is -0.377 e. The molecule has 0 saturated heterocycles. The molecule has 3 heteroatoms. The lowest BCUT2D eigenvalue weighted by atomic mass is 9.97. The second kappa shape index (κ2) is 7.49. The van der Waals surface area contributed by atoms with Gasteiger partial charge in [-0.2, -0.15) is 0 Å². The monoisotopic (exact) mass is 253 g/mol. The van der Waals surface area contributed by atoms with Gasteiger partial charge in [0.1, 0.15) is 5.82 Å². The van der Waals surface area contributed by atoms with Crippen molar-refractivity contribution < 1.29 is 9.13 Å². The molecule has 18 heavy (non-hydrogen) atoms. The fourth-order valence-corrected chi connectivity index (χ4v) is 2.23. The summed E-state index contributed by atoms with van der Waals surface area (Å²) < 4.78 is 19.7. The number of nitrogens with one attached hydrogen (secondary N) is 1. The molecule has 2 nitrogen and oxygen atoms in total. The van der Waals surface area contributed by atoms with Crippen molar-refractivity contribution in [1.29, 1.82) is 0 Å². The number of aryl methyl sites for hydroxylation is 1. The minimum atomic E-state index is -0.162. The predicted molar refractivity (Wildman–Crippen MR) is 73.3 cm³/mol. The number of halogens is 1. The number of likely N-dealkylation sites (N-methyl/N-ethyl adjacent to an activating group) is 1. The highest BCUT2D eigenvalue weighted by molar-refractivity contribution is 5.27. The number of benzene rings is 1. The van der Waals surface area contributed by atoms with Crippen LogP contribution >= 0.6 is 0 Å². The summed E-state index contributed by atoms with van der Waals surface area (Å²) in [6.45, 7) is 9.49. The second-order valence-corrected chi connectivity index (χ2v) is 4.46. The van der Waals surface area contributed by atoms with Crippen LogP contribution in [-0.2, 0) is 4.74 Å². The van der Waals surface area contributed by atoms with Gasteiger partial charge in [-0.3, -0.25) is 0 Å². The molecule has 1 aromatic carbocycles. The third-order valence-electron chi connectivity index (χ3n) is 3.07. The normalized spacial score (nSPS) is 14.5. The highest BCUT2D eigenvalue weighted by Gasteiger charge is 2.24. The van der Waals surface area contributed by atoms with Crippen molar-refractivity contribution in [1.82, 2.24) is 5.32 Å². The van der Waals surface area contributed by atoms with Gasteiger partial charge in [-0.25, -0.2) is 4.39 Å². The lowest BCUT2D eigenvalue weighted by molar-refractivity contribution is 0.0309. The SMILES string of the molecule is CCNC(c1cc(C)ccc1F)C(CC)OCC. The van der Waals surface area contributed by atoms with Gasteiger partial charge in [0, 0.05) is 12.2 Å². The molecule has 0 spiro atoms.